The van der Waals surface area contributed by atoms with E-state index in [2.05, 4.69) is 0 Å². The number of carbonyl (C=O) groups is 1. The molecule has 0 radical (unpaired) electrons. The lowest BCUT2D eigenvalue weighted by atomic mass is 9.78. The Morgan fingerprint density at radius 1 is 1.29 bits per heavy atom. The first kappa shape index (κ1) is 19.5. The summed E-state index contributed by atoms with van der Waals surface area (Å²) < 4.78 is 25.8. The zero-order valence-corrected chi connectivity index (χ0v) is 16.1. The smallest absolute Gasteiger partial charge is 0.400 e. The summed E-state index contributed by atoms with van der Waals surface area (Å²) in [6, 6.07) is 4.61. The number of halogens is 2. The summed E-state index contributed by atoms with van der Waals surface area (Å²) in [6.07, 6.45) is 1.74. The van der Waals surface area contributed by atoms with Crippen molar-refractivity contribution >= 4 is 41.7 Å². The van der Waals surface area contributed by atoms with Gasteiger partial charge in [0.2, 0.25) is 0 Å². The summed E-state index contributed by atoms with van der Waals surface area (Å²) in [6.45, 7) is 9.33. The molecule has 0 bridgehead atoms. The van der Waals surface area contributed by atoms with Crippen LogP contribution in [0, 0.1) is 5.82 Å². The standard InChI is InChI=1S/C17H21BClFO3S/c1-11(21)24-10-13(9-12-7-6-8-14(20)15(12)19)18-22-16(2,3)17(4,5)23-18/h6-9H,10H2,1-5H3. The second-order valence-electron chi connectivity index (χ2n) is 6.73. The molecular formula is C17H21BClFO3S. The number of thioether (sulfide) groups is 1. The van der Waals surface area contributed by atoms with Crippen molar-refractivity contribution in [1.29, 1.82) is 0 Å². The van der Waals surface area contributed by atoms with E-state index in [0.717, 1.165) is 17.2 Å². The van der Waals surface area contributed by atoms with Gasteiger partial charge in [-0.2, -0.15) is 0 Å². The fourth-order valence-corrected chi connectivity index (χ4v) is 2.96. The largest absolute Gasteiger partial charge is 0.491 e. The average molecular weight is 371 g/mol. The number of benzene rings is 1. The molecule has 1 aliphatic rings. The summed E-state index contributed by atoms with van der Waals surface area (Å²) in [4.78, 5) is 11.4. The van der Waals surface area contributed by atoms with Crippen molar-refractivity contribution < 1.29 is 18.5 Å². The Balaban J connectivity index is 2.37. The normalized spacial score (nSPS) is 19.6. The topological polar surface area (TPSA) is 35.5 Å². The SMILES string of the molecule is CC(=O)SCC(=Cc1cccc(F)c1Cl)B1OC(C)(C)C(C)(C)O1. The van der Waals surface area contributed by atoms with Crippen molar-refractivity contribution in [2.45, 2.75) is 45.8 Å². The maximum Gasteiger partial charge on any atom is 0.491 e. The number of hydrogen-bond acceptors (Lipinski definition) is 4. The van der Waals surface area contributed by atoms with Crippen LogP contribution in [0.3, 0.4) is 0 Å². The Kier molecular flexibility index (Phi) is 5.85. The highest BCUT2D eigenvalue weighted by Crippen LogP contribution is 2.39. The Morgan fingerprint density at radius 3 is 2.42 bits per heavy atom. The molecule has 0 N–H and O–H groups in total. The van der Waals surface area contributed by atoms with Gasteiger partial charge in [0.25, 0.3) is 0 Å². The molecule has 1 saturated heterocycles. The summed E-state index contributed by atoms with van der Waals surface area (Å²) in [5, 5.41) is 0.0297. The van der Waals surface area contributed by atoms with Gasteiger partial charge in [0.15, 0.2) is 5.12 Å². The van der Waals surface area contributed by atoms with Gasteiger partial charge in [-0.05, 0) is 44.8 Å². The van der Waals surface area contributed by atoms with Crippen LogP contribution in [0.1, 0.15) is 40.2 Å². The first-order valence-electron chi connectivity index (χ1n) is 7.67. The highest BCUT2D eigenvalue weighted by Gasteiger charge is 2.52. The van der Waals surface area contributed by atoms with E-state index in [0.29, 0.717) is 11.3 Å². The number of rotatable bonds is 4. The van der Waals surface area contributed by atoms with Crippen LogP contribution < -0.4 is 0 Å². The molecule has 0 aromatic heterocycles. The van der Waals surface area contributed by atoms with E-state index < -0.39 is 24.1 Å². The van der Waals surface area contributed by atoms with Gasteiger partial charge in [-0.3, -0.25) is 4.79 Å². The van der Waals surface area contributed by atoms with Crippen LogP contribution in [0.2, 0.25) is 5.02 Å². The van der Waals surface area contributed by atoms with E-state index in [9.17, 15) is 9.18 Å². The summed E-state index contributed by atoms with van der Waals surface area (Å²) in [5.41, 5.74) is 0.277. The highest BCUT2D eigenvalue weighted by molar-refractivity contribution is 8.13. The molecule has 1 aromatic carbocycles. The molecule has 3 nitrogen and oxygen atoms in total. The second-order valence-corrected chi connectivity index (χ2v) is 8.26. The maximum atomic E-state index is 13.7. The Hall–Kier alpha value is -0.815. The molecule has 2 rings (SSSR count). The lowest BCUT2D eigenvalue weighted by Crippen LogP contribution is -2.41. The third-order valence-corrected chi connectivity index (χ3v) is 5.60. The van der Waals surface area contributed by atoms with Gasteiger partial charge in [-0.25, -0.2) is 4.39 Å². The minimum absolute atomic E-state index is 0.0113. The lowest BCUT2D eigenvalue weighted by Gasteiger charge is -2.32. The van der Waals surface area contributed by atoms with Crippen LogP contribution in [-0.4, -0.2) is 29.2 Å². The summed E-state index contributed by atoms with van der Waals surface area (Å²) in [7, 11) is -0.610. The van der Waals surface area contributed by atoms with Crippen molar-refractivity contribution in [2.75, 3.05) is 5.75 Å². The second kappa shape index (κ2) is 7.20. The highest BCUT2D eigenvalue weighted by atomic mass is 35.5. The summed E-state index contributed by atoms with van der Waals surface area (Å²) >= 11 is 7.20. The molecule has 130 valence electrons. The molecule has 0 atom stereocenters. The lowest BCUT2D eigenvalue weighted by molar-refractivity contribution is -0.109. The molecule has 0 amide bonds. The van der Waals surface area contributed by atoms with Gasteiger partial charge in [0.05, 0.1) is 16.2 Å². The fourth-order valence-electron chi connectivity index (χ4n) is 2.19. The van der Waals surface area contributed by atoms with Crippen LogP contribution >= 0.6 is 23.4 Å². The third-order valence-electron chi connectivity index (χ3n) is 4.32. The summed E-state index contributed by atoms with van der Waals surface area (Å²) in [5.74, 6) is -0.100. The zero-order valence-electron chi connectivity index (χ0n) is 14.5. The van der Waals surface area contributed by atoms with Gasteiger partial charge in [-0.1, -0.05) is 41.6 Å². The third kappa shape index (κ3) is 4.23. The molecule has 0 spiro atoms. The molecule has 0 saturated carbocycles. The van der Waals surface area contributed by atoms with Crippen LogP contribution in [0.5, 0.6) is 0 Å². The molecule has 1 aromatic rings. The molecule has 1 aliphatic heterocycles. The van der Waals surface area contributed by atoms with Crippen LogP contribution in [0.15, 0.2) is 23.7 Å². The number of hydrogen-bond donors (Lipinski definition) is 0. The van der Waals surface area contributed by atoms with Crippen LogP contribution in [0.4, 0.5) is 4.39 Å². The van der Waals surface area contributed by atoms with E-state index in [-0.39, 0.29) is 10.1 Å². The average Bonchev–Trinajstić information content (AvgIpc) is 2.67. The van der Waals surface area contributed by atoms with Crippen molar-refractivity contribution in [1.82, 2.24) is 0 Å². The molecule has 7 heteroatoms. The maximum absolute atomic E-state index is 13.7. The zero-order chi connectivity index (χ0) is 18.1. The predicted molar refractivity (Wildman–Crippen MR) is 98.6 cm³/mol. The van der Waals surface area contributed by atoms with E-state index in [4.69, 9.17) is 20.9 Å². The van der Waals surface area contributed by atoms with E-state index in [1.54, 1.807) is 18.2 Å². The van der Waals surface area contributed by atoms with Crippen molar-refractivity contribution in [2.24, 2.45) is 0 Å². The fraction of sp³-hybridized carbons (Fsp3) is 0.471. The van der Waals surface area contributed by atoms with Crippen molar-refractivity contribution in [3.63, 3.8) is 0 Å². The predicted octanol–water partition coefficient (Wildman–Crippen LogP) is 4.77. The van der Waals surface area contributed by atoms with E-state index in [1.165, 1.54) is 13.0 Å². The Morgan fingerprint density at radius 2 is 1.88 bits per heavy atom. The van der Waals surface area contributed by atoms with E-state index in [1.807, 2.05) is 27.7 Å². The van der Waals surface area contributed by atoms with Gasteiger partial charge >= 0.3 is 7.12 Å². The van der Waals surface area contributed by atoms with Gasteiger partial charge in [-0.15, -0.1) is 0 Å². The molecule has 0 aliphatic carbocycles. The monoisotopic (exact) mass is 370 g/mol. The minimum atomic E-state index is -0.610. The molecule has 24 heavy (non-hydrogen) atoms. The van der Waals surface area contributed by atoms with Gasteiger partial charge < -0.3 is 9.31 Å². The molecule has 0 unspecified atom stereocenters. The van der Waals surface area contributed by atoms with Crippen molar-refractivity contribution in [3.8, 4) is 0 Å². The quantitative estimate of drug-likeness (QED) is 0.715. The molecular weight excluding hydrogens is 350 g/mol. The minimum Gasteiger partial charge on any atom is -0.400 e. The Bertz CT molecular complexity index is 660. The molecule has 1 fully saturated rings. The first-order chi connectivity index (χ1) is 11.0. The van der Waals surface area contributed by atoms with Gasteiger partial charge in [0, 0.05) is 12.7 Å². The van der Waals surface area contributed by atoms with Crippen LogP contribution in [0.25, 0.3) is 6.08 Å². The van der Waals surface area contributed by atoms with Crippen LogP contribution in [-0.2, 0) is 14.1 Å². The molecule has 1 heterocycles. The van der Waals surface area contributed by atoms with Gasteiger partial charge in [0.1, 0.15) is 5.82 Å². The number of carbonyl (C=O) groups excluding carboxylic acids is 1. The first-order valence-corrected chi connectivity index (χ1v) is 9.03. The van der Waals surface area contributed by atoms with E-state index >= 15 is 0 Å². The van der Waals surface area contributed by atoms with Crippen molar-refractivity contribution in [3.05, 3.63) is 40.1 Å². The Labute approximate surface area is 152 Å².